The van der Waals surface area contributed by atoms with Gasteiger partial charge in [-0.1, -0.05) is 30.0 Å². The quantitative estimate of drug-likeness (QED) is 0.575. The zero-order valence-corrected chi connectivity index (χ0v) is 13.7. The lowest BCUT2D eigenvalue weighted by atomic mass is 10.3. The molecule has 0 fully saturated rings. The minimum atomic E-state index is -0.00721. The average Bonchev–Trinajstić information content (AvgIpc) is 2.97. The minimum absolute atomic E-state index is 0.00721. The van der Waals surface area contributed by atoms with Crippen LogP contribution >= 0.6 is 11.8 Å². The fourth-order valence-electron chi connectivity index (χ4n) is 2.19. The third-order valence-corrected chi connectivity index (χ3v) is 4.12. The van der Waals surface area contributed by atoms with Gasteiger partial charge in [0.25, 0.3) is 0 Å². The average molecular weight is 327 g/mol. The van der Waals surface area contributed by atoms with Crippen LogP contribution in [0.25, 0.3) is 16.7 Å². The molecule has 0 aliphatic rings. The first-order valence-electron chi connectivity index (χ1n) is 7.31. The van der Waals surface area contributed by atoms with Crippen LogP contribution in [0.4, 0.5) is 0 Å². The van der Waals surface area contributed by atoms with Crippen LogP contribution < -0.4 is 5.32 Å². The van der Waals surface area contributed by atoms with Crippen molar-refractivity contribution in [2.75, 3.05) is 5.75 Å². The molecule has 0 saturated carbocycles. The lowest BCUT2D eigenvalue weighted by Gasteiger charge is -2.07. The number of benzene rings is 1. The number of para-hydroxylation sites is 1. The van der Waals surface area contributed by atoms with E-state index in [1.165, 1.54) is 18.1 Å². The Bertz CT molecular complexity index is 816. The first-order chi connectivity index (χ1) is 11.1. The SMILES string of the molecule is CC(C)NC(=O)CSc1ncnc2c1cnn2-c1ccccc1. The molecule has 6 nitrogen and oxygen atoms in total. The normalized spacial score (nSPS) is 11.1. The number of carbonyl (C=O) groups excluding carboxylic acids is 1. The monoisotopic (exact) mass is 327 g/mol. The minimum Gasteiger partial charge on any atom is -0.353 e. The predicted molar refractivity (Wildman–Crippen MR) is 90.7 cm³/mol. The van der Waals surface area contributed by atoms with Crippen LogP contribution in [-0.4, -0.2) is 37.5 Å². The Labute approximate surface area is 138 Å². The van der Waals surface area contributed by atoms with Crippen LogP contribution in [0.1, 0.15) is 13.8 Å². The molecule has 3 aromatic rings. The van der Waals surface area contributed by atoms with Crippen molar-refractivity contribution in [1.29, 1.82) is 0 Å². The second-order valence-electron chi connectivity index (χ2n) is 5.32. The second-order valence-corrected chi connectivity index (χ2v) is 6.28. The summed E-state index contributed by atoms with van der Waals surface area (Å²) >= 11 is 1.39. The largest absolute Gasteiger partial charge is 0.353 e. The van der Waals surface area contributed by atoms with Crippen molar-refractivity contribution in [3.8, 4) is 5.69 Å². The maximum atomic E-state index is 11.8. The van der Waals surface area contributed by atoms with E-state index in [-0.39, 0.29) is 11.9 Å². The van der Waals surface area contributed by atoms with Crippen LogP contribution in [0, 0.1) is 0 Å². The van der Waals surface area contributed by atoms with Crippen LogP contribution in [-0.2, 0) is 4.79 Å². The van der Waals surface area contributed by atoms with E-state index >= 15 is 0 Å². The zero-order valence-electron chi connectivity index (χ0n) is 12.9. The second kappa shape index (κ2) is 6.78. The smallest absolute Gasteiger partial charge is 0.230 e. The van der Waals surface area contributed by atoms with Gasteiger partial charge in [0.1, 0.15) is 11.4 Å². The van der Waals surface area contributed by atoms with Gasteiger partial charge in [0, 0.05) is 6.04 Å². The number of carbonyl (C=O) groups is 1. The third kappa shape index (κ3) is 3.50. The molecule has 0 radical (unpaired) electrons. The van der Waals surface area contributed by atoms with Crippen molar-refractivity contribution >= 4 is 28.7 Å². The van der Waals surface area contributed by atoms with E-state index in [2.05, 4.69) is 20.4 Å². The summed E-state index contributed by atoms with van der Waals surface area (Å²) in [4.78, 5) is 20.4. The summed E-state index contributed by atoms with van der Waals surface area (Å²) in [7, 11) is 0. The number of fused-ring (bicyclic) bond motifs is 1. The Kier molecular flexibility index (Phi) is 4.57. The summed E-state index contributed by atoms with van der Waals surface area (Å²) in [6.45, 7) is 3.88. The van der Waals surface area contributed by atoms with Crippen LogP contribution in [0.3, 0.4) is 0 Å². The number of thioether (sulfide) groups is 1. The Morgan fingerprint density at radius 3 is 2.78 bits per heavy atom. The topological polar surface area (TPSA) is 72.7 Å². The molecule has 1 N–H and O–H groups in total. The molecule has 1 aromatic carbocycles. The van der Waals surface area contributed by atoms with Gasteiger partial charge in [-0.3, -0.25) is 4.79 Å². The van der Waals surface area contributed by atoms with Crippen molar-refractivity contribution in [1.82, 2.24) is 25.1 Å². The molecule has 2 aromatic heterocycles. The molecule has 0 aliphatic heterocycles. The molecule has 23 heavy (non-hydrogen) atoms. The zero-order chi connectivity index (χ0) is 16.2. The molecule has 3 rings (SSSR count). The maximum Gasteiger partial charge on any atom is 0.230 e. The molecule has 2 heterocycles. The van der Waals surface area contributed by atoms with Gasteiger partial charge in [-0.25, -0.2) is 14.6 Å². The highest BCUT2D eigenvalue weighted by Crippen LogP contribution is 2.25. The Morgan fingerprint density at radius 1 is 1.26 bits per heavy atom. The summed E-state index contributed by atoms with van der Waals surface area (Å²) in [5.41, 5.74) is 1.67. The number of amides is 1. The van der Waals surface area contributed by atoms with Crippen LogP contribution in [0.5, 0.6) is 0 Å². The number of aromatic nitrogens is 4. The number of rotatable bonds is 5. The molecular formula is C16H17N5OS. The highest BCUT2D eigenvalue weighted by molar-refractivity contribution is 8.00. The number of nitrogens with one attached hydrogen (secondary N) is 1. The van der Waals surface area contributed by atoms with Crippen molar-refractivity contribution in [2.45, 2.75) is 24.9 Å². The maximum absolute atomic E-state index is 11.8. The van der Waals surface area contributed by atoms with Gasteiger partial charge in [-0.15, -0.1) is 0 Å². The molecule has 0 atom stereocenters. The highest BCUT2D eigenvalue weighted by Gasteiger charge is 2.13. The summed E-state index contributed by atoms with van der Waals surface area (Å²) in [5.74, 6) is 0.313. The van der Waals surface area contributed by atoms with Crippen molar-refractivity contribution in [3.05, 3.63) is 42.9 Å². The molecular weight excluding hydrogens is 310 g/mol. The predicted octanol–water partition coefficient (Wildman–Crippen LogP) is 2.43. The molecule has 0 spiro atoms. The van der Waals surface area contributed by atoms with Crippen molar-refractivity contribution in [2.24, 2.45) is 0 Å². The summed E-state index contributed by atoms with van der Waals surface area (Å²) < 4.78 is 1.77. The molecule has 118 valence electrons. The molecule has 0 bridgehead atoms. The van der Waals surface area contributed by atoms with E-state index in [4.69, 9.17) is 0 Å². The molecule has 7 heteroatoms. The summed E-state index contributed by atoms with van der Waals surface area (Å²) in [6.07, 6.45) is 3.25. The first kappa shape index (κ1) is 15.5. The third-order valence-electron chi connectivity index (χ3n) is 3.12. The van der Waals surface area contributed by atoms with Crippen molar-refractivity contribution in [3.63, 3.8) is 0 Å². The number of nitrogens with zero attached hydrogens (tertiary/aromatic N) is 4. The van der Waals surface area contributed by atoms with E-state index < -0.39 is 0 Å². The standard InChI is InChI=1S/C16H17N5OS/c1-11(2)20-14(22)9-23-16-13-8-19-21(15(13)17-10-18-16)12-6-4-3-5-7-12/h3-8,10-11H,9H2,1-2H3,(H,20,22). The van der Waals surface area contributed by atoms with E-state index in [0.717, 1.165) is 21.7 Å². The van der Waals surface area contributed by atoms with E-state index in [1.54, 1.807) is 10.9 Å². The lowest BCUT2D eigenvalue weighted by molar-refractivity contribution is -0.119. The van der Waals surface area contributed by atoms with Gasteiger partial charge in [-0.2, -0.15) is 5.10 Å². The molecule has 0 unspecified atom stereocenters. The number of hydrogen-bond donors (Lipinski definition) is 1. The van der Waals surface area contributed by atoms with Crippen LogP contribution in [0.15, 0.2) is 47.9 Å². The van der Waals surface area contributed by atoms with E-state index in [0.29, 0.717) is 5.75 Å². The fourth-order valence-corrected chi connectivity index (χ4v) is 2.97. The van der Waals surface area contributed by atoms with E-state index in [1.807, 2.05) is 44.2 Å². The first-order valence-corrected chi connectivity index (χ1v) is 8.30. The van der Waals surface area contributed by atoms with E-state index in [9.17, 15) is 4.79 Å². The highest BCUT2D eigenvalue weighted by atomic mass is 32.2. The molecule has 1 amide bonds. The Morgan fingerprint density at radius 2 is 2.04 bits per heavy atom. The Hall–Kier alpha value is -2.41. The lowest BCUT2D eigenvalue weighted by Crippen LogP contribution is -2.31. The summed E-state index contributed by atoms with van der Waals surface area (Å²) in [6, 6.07) is 9.94. The van der Waals surface area contributed by atoms with Gasteiger partial charge < -0.3 is 5.32 Å². The fraction of sp³-hybridized carbons (Fsp3) is 0.250. The van der Waals surface area contributed by atoms with Crippen LogP contribution in [0.2, 0.25) is 0 Å². The van der Waals surface area contributed by atoms with Gasteiger partial charge in [0.2, 0.25) is 5.91 Å². The van der Waals surface area contributed by atoms with Gasteiger partial charge >= 0.3 is 0 Å². The van der Waals surface area contributed by atoms with Crippen molar-refractivity contribution < 1.29 is 4.79 Å². The number of hydrogen-bond acceptors (Lipinski definition) is 5. The van der Waals surface area contributed by atoms with Gasteiger partial charge in [0.15, 0.2) is 5.65 Å². The molecule has 0 aliphatic carbocycles. The molecule has 0 saturated heterocycles. The van der Waals surface area contributed by atoms with Gasteiger partial charge in [-0.05, 0) is 26.0 Å². The summed E-state index contributed by atoms with van der Waals surface area (Å²) in [5, 5.41) is 8.88. The Balaban J connectivity index is 1.86. The van der Waals surface area contributed by atoms with Gasteiger partial charge in [0.05, 0.1) is 23.0 Å².